The highest BCUT2D eigenvalue weighted by Gasteiger charge is 2.39. The summed E-state index contributed by atoms with van der Waals surface area (Å²) in [4.78, 5) is 32.4. The van der Waals surface area contributed by atoms with Crippen molar-refractivity contribution in [3.05, 3.63) is 34.6 Å². The van der Waals surface area contributed by atoms with Crippen LogP contribution < -0.4 is 9.64 Å². The number of hydrogen-bond donors (Lipinski definition) is 1. The molecule has 4 heterocycles. The maximum Gasteiger partial charge on any atom is 0.311 e. The van der Waals surface area contributed by atoms with Crippen LogP contribution in [0.2, 0.25) is 0 Å². The summed E-state index contributed by atoms with van der Waals surface area (Å²) in [6, 6.07) is 4.85. The van der Waals surface area contributed by atoms with E-state index < -0.39 is 4.92 Å². The number of hydrogen-bond acceptors (Lipinski definition) is 8. The summed E-state index contributed by atoms with van der Waals surface area (Å²) in [6.07, 6.45) is 1.57. The molecule has 0 amide bonds. The third kappa shape index (κ3) is 2.96. The van der Waals surface area contributed by atoms with E-state index in [1.54, 1.807) is 18.5 Å². The highest BCUT2D eigenvalue weighted by atomic mass is 16.6. The van der Waals surface area contributed by atoms with Crippen molar-refractivity contribution in [3.8, 4) is 17.0 Å². The van der Waals surface area contributed by atoms with Crippen LogP contribution in [-0.2, 0) is 0 Å². The van der Waals surface area contributed by atoms with Crippen molar-refractivity contribution in [2.45, 2.75) is 0 Å². The molecule has 2 aliphatic heterocycles. The Morgan fingerprint density at radius 2 is 1.97 bits per heavy atom. The first-order valence-electron chi connectivity index (χ1n) is 9.51. The summed E-state index contributed by atoms with van der Waals surface area (Å²) in [6.45, 7) is 3.99. The van der Waals surface area contributed by atoms with Gasteiger partial charge in [0.05, 0.1) is 18.4 Å². The number of nitrogens with zero attached hydrogens (tertiary/aromatic N) is 6. The average molecular weight is 395 g/mol. The first kappa shape index (κ1) is 17.8. The summed E-state index contributed by atoms with van der Waals surface area (Å²) in [7, 11) is 3.57. The number of methoxy groups -OCH3 is 1. The topological polar surface area (TPSA) is 113 Å². The molecule has 10 heteroatoms. The molecule has 1 N–H and O–H groups in total. The normalized spacial score (nSPS) is 21.7. The van der Waals surface area contributed by atoms with E-state index in [4.69, 9.17) is 9.72 Å². The standard InChI is InChI=1S/C19H21N7O3/c1-24-6-12-8-25(9-13(12)7-24)19-22-16(17-18(23-19)21-10-20-17)11-3-4-15(29-2)14(5-11)26(27)28/h3-5,10,12-13H,6-9H2,1-2H3,(H,20,21,22,23). The van der Waals surface area contributed by atoms with E-state index in [9.17, 15) is 10.1 Å². The van der Waals surface area contributed by atoms with Crippen LogP contribution in [0.1, 0.15) is 0 Å². The monoisotopic (exact) mass is 395 g/mol. The molecule has 2 aliphatic rings. The van der Waals surface area contributed by atoms with E-state index in [1.807, 2.05) is 0 Å². The lowest BCUT2D eigenvalue weighted by Crippen LogP contribution is -2.28. The van der Waals surface area contributed by atoms with Crippen LogP contribution in [0, 0.1) is 22.0 Å². The Hall–Kier alpha value is -3.27. The second-order valence-electron chi connectivity index (χ2n) is 7.76. The molecule has 0 aliphatic carbocycles. The number of likely N-dealkylation sites (tertiary alicyclic amines) is 1. The Bertz CT molecular complexity index is 1080. The van der Waals surface area contributed by atoms with Gasteiger partial charge in [0.15, 0.2) is 11.4 Å². The summed E-state index contributed by atoms with van der Waals surface area (Å²) in [5.74, 6) is 2.06. The van der Waals surface area contributed by atoms with Crippen molar-refractivity contribution < 1.29 is 9.66 Å². The van der Waals surface area contributed by atoms with Crippen molar-refractivity contribution in [2.75, 3.05) is 45.2 Å². The molecular weight excluding hydrogens is 374 g/mol. The maximum absolute atomic E-state index is 11.5. The van der Waals surface area contributed by atoms with Crippen molar-refractivity contribution in [3.63, 3.8) is 0 Å². The van der Waals surface area contributed by atoms with Gasteiger partial charge in [-0.05, 0) is 31.0 Å². The van der Waals surface area contributed by atoms with Gasteiger partial charge in [-0.2, -0.15) is 4.98 Å². The second-order valence-corrected chi connectivity index (χ2v) is 7.76. The number of ether oxygens (including phenoxy) is 1. The highest BCUT2D eigenvalue weighted by molar-refractivity contribution is 5.88. The molecule has 3 aromatic rings. The highest BCUT2D eigenvalue weighted by Crippen LogP contribution is 2.36. The lowest BCUT2D eigenvalue weighted by atomic mass is 10.0. The minimum Gasteiger partial charge on any atom is -0.490 e. The molecule has 2 aromatic heterocycles. The van der Waals surface area contributed by atoms with Crippen LogP contribution in [0.5, 0.6) is 5.75 Å². The summed E-state index contributed by atoms with van der Waals surface area (Å²) in [5.41, 5.74) is 2.33. The average Bonchev–Trinajstić information content (AvgIpc) is 3.40. The lowest BCUT2D eigenvalue weighted by molar-refractivity contribution is -0.385. The van der Waals surface area contributed by atoms with Gasteiger partial charge in [-0.25, -0.2) is 9.97 Å². The molecular formula is C19H21N7O3. The van der Waals surface area contributed by atoms with Crippen molar-refractivity contribution >= 4 is 22.8 Å². The molecule has 5 rings (SSSR count). The van der Waals surface area contributed by atoms with Crippen LogP contribution in [0.25, 0.3) is 22.4 Å². The minimum absolute atomic E-state index is 0.100. The van der Waals surface area contributed by atoms with Gasteiger partial charge in [0, 0.05) is 37.8 Å². The first-order chi connectivity index (χ1) is 14.0. The molecule has 2 saturated heterocycles. The molecule has 2 unspecified atom stereocenters. The zero-order chi connectivity index (χ0) is 20.1. The van der Waals surface area contributed by atoms with Crippen molar-refractivity contribution in [1.82, 2.24) is 24.8 Å². The number of rotatable bonds is 4. The van der Waals surface area contributed by atoms with Gasteiger partial charge in [0.25, 0.3) is 0 Å². The summed E-state index contributed by atoms with van der Waals surface area (Å²) in [5, 5.41) is 11.5. The number of nitro benzene ring substituents is 1. The fourth-order valence-electron chi connectivity index (χ4n) is 4.54. The maximum atomic E-state index is 11.5. The van der Waals surface area contributed by atoms with Gasteiger partial charge >= 0.3 is 5.69 Å². The quantitative estimate of drug-likeness (QED) is 0.527. The number of nitro groups is 1. The fourth-order valence-corrected chi connectivity index (χ4v) is 4.54. The first-order valence-corrected chi connectivity index (χ1v) is 9.51. The third-order valence-electron chi connectivity index (χ3n) is 5.87. The van der Waals surface area contributed by atoms with Crippen molar-refractivity contribution in [1.29, 1.82) is 0 Å². The zero-order valence-corrected chi connectivity index (χ0v) is 16.2. The molecule has 1 aromatic carbocycles. The Morgan fingerprint density at radius 1 is 1.21 bits per heavy atom. The van der Waals surface area contributed by atoms with E-state index in [2.05, 4.69) is 31.8 Å². The smallest absolute Gasteiger partial charge is 0.311 e. The predicted molar refractivity (Wildman–Crippen MR) is 107 cm³/mol. The van der Waals surface area contributed by atoms with Crippen LogP contribution in [0.4, 0.5) is 11.6 Å². The van der Waals surface area contributed by atoms with Gasteiger partial charge in [-0.1, -0.05) is 0 Å². The SMILES string of the molecule is COc1ccc(-c2nc(N3CC4CN(C)CC4C3)nc3nc[nH]c23)cc1[N+](=O)[O-]. The molecule has 0 saturated carbocycles. The van der Waals surface area contributed by atoms with E-state index in [1.165, 1.54) is 13.2 Å². The molecule has 10 nitrogen and oxygen atoms in total. The summed E-state index contributed by atoms with van der Waals surface area (Å²) < 4.78 is 5.12. The fraction of sp³-hybridized carbons (Fsp3) is 0.421. The number of anilines is 1. The Balaban J connectivity index is 1.57. The van der Waals surface area contributed by atoms with Gasteiger partial charge in [0.1, 0.15) is 11.2 Å². The van der Waals surface area contributed by atoms with Crippen LogP contribution in [0.15, 0.2) is 24.5 Å². The van der Waals surface area contributed by atoms with Gasteiger partial charge in [-0.15, -0.1) is 0 Å². The van der Waals surface area contributed by atoms with E-state index in [0.717, 1.165) is 26.2 Å². The van der Waals surface area contributed by atoms with Gasteiger partial charge in [0.2, 0.25) is 5.95 Å². The van der Waals surface area contributed by atoms with E-state index in [-0.39, 0.29) is 11.4 Å². The predicted octanol–water partition coefficient (Wildman–Crippen LogP) is 1.93. The number of aromatic amines is 1. The number of fused-ring (bicyclic) bond motifs is 2. The van der Waals surface area contributed by atoms with Crippen LogP contribution in [0.3, 0.4) is 0 Å². The number of aromatic nitrogens is 4. The number of benzene rings is 1. The molecule has 29 heavy (non-hydrogen) atoms. The van der Waals surface area contributed by atoms with E-state index >= 15 is 0 Å². The lowest BCUT2D eigenvalue weighted by Gasteiger charge is -2.20. The summed E-state index contributed by atoms with van der Waals surface area (Å²) >= 11 is 0. The van der Waals surface area contributed by atoms with Crippen LogP contribution >= 0.6 is 0 Å². The Labute approximate surface area is 166 Å². The Kier molecular flexibility index (Phi) is 4.09. The molecule has 0 radical (unpaired) electrons. The number of nitrogens with one attached hydrogen (secondary N) is 1. The molecule has 0 spiro atoms. The largest absolute Gasteiger partial charge is 0.490 e. The van der Waals surface area contributed by atoms with Crippen molar-refractivity contribution in [2.24, 2.45) is 11.8 Å². The van der Waals surface area contributed by atoms with E-state index in [0.29, 0.717) is 40.2 Å². The number of imidazole rings is 1. The molecule has 0 bridgehead atoms. The second kappa shape index (κ2) is 6.66. The Morgan fingerprint density at radius 3 is 2.66 bits per heavy atom. The zero-order valence-electron chi connectivity index (χ0n) is 16.2. The van der Waals surface area contributed by atoms with Gasteiger partial charge < -0.3 is 19.5 Å². The van der Waals surface area contributed by atoms with Gasteiger partial charge in [-0.3, -0.25) is 10.1 Å². The number of H-pyrrole nitrogens is 1. The minimum atomic E-state index is -0.452. The molecule has 2 atom stereocenters. The third-order valence-corrected chi connectivity index (χ3v) is 5.87. The molecule has 2 fully saturated rings. The molecule has 150 valence electrons. The van der Waals surface area contributed by atoms with Crippen LogP contribution in [-0.4, -0.2) is 70.1 Å².